The second-order valence-corrected chi connectivity index (χ2v) is 3.00. The van der Waals surface area contributed by atoms with Gasteiger partial charge in [-0.15, -0.1) is 0 Å². The lowest BCUT2D eigenvalue weighted by Crippen LogP contribution is -2.15. The summed E-state index contributed by atoms with van der Waals surface area (Å²) in [5.74, 6) is -1.78. The number of halogens is 3. The third kappa shape index (κ3) is 3.35. The molecule has 0 saturated carbocycles. The Kier molecular flexibility index (Phi) is 3.95. The van der Waals surface area contributed by atoms with Crippen molar-refractivity contribution in [1.29, 1.82) is 0 Å². The van der Waals surface area contributed by atoms with Crippen molar-refractivity contribution >= 4 is 5.97 Å². The van der Waals surface area contributed by atoms with Crippen LogP contribution < -0.4 is 0 Å². The summed E-state index contributed by atoms with van der Waals surface area (Å²) in [4.78, 5) is 19.6. The van der Waals surface area contributed by atoms with Crippen LogP contribution in [-0.4, -0.2) is 17.7 Å². The summed E-state index contributed by atoms with van der Waals surface area (Å²) in [6.45, 7) is 1.51. The molecule has 0 radical (unpaired) electrons. The van der Waals surface area contributed by atoms with E-state index in [-0.39, 0.29) is 6.61 Å². The minimum absolute atomic E-state index is 0.00586. The molecule has 1 N–H and O–H groups in total. The fourth-order valence-corrected chi connectivity index (χ4v) is 1.11. The Balaban J connectivity index is 3.11. The Morgan fingerprint density at radius 1 is 1.41 bits per heavy atom. The zero-order valence-corrected chi connectivity index (χ0v) is 8.75. The molecule has 0 spiro atoms. The summed E-state index contributed by atoms with van der Waals surface area (Å²) in [5.41, 5.74) is -1.99. The fraction of sp³-hybridized carbons (Fsp3) is 0.300. The van der Waals surface area contributed by atoms with Crippen molar-refractivity contribution in [3.05, 3.63) is 29.3 Å². The molecule has 0 amide bonds. The summed E-state index contributed by atoms with van der Waals surface area (Å²) >= 11 is 0. The Morgan fingerprint density at radius 3 is 2.59 bits per heavy atom. The monoisotopic (exact) mass is 250 g/mol. The third-order valence-corrected chi connectivity index (χ3v) is 1.78. The van der Waals surface area contributed by atoms with Gasteiger partial charge in [-0.2, -0.15) is 18.1 Å². The second kappa shape index (κ2) is 5.05. The van der Waals surface area contributed by atoms with E-state index >= 15 is 0 Å². The van der Waals surface area contributed by atoms with E-state index in [0.717, 1.165) is 6.07 Å². The molecule has 0 aliphatic rings. The molecule has 0 aliphatic carbocycles. The van der Waals surface area contributed by atoms with Crippen LogP contribution in [0.4, 0.5) is 13.2 Å². The first-order valence-electron chi connectivity index (χ1n) is 4.60. The van der Waals surface area contributed by atoms with Crippen molar-refractivity contribution in [3.8, 4) is 5.75 Å². The van der Waals surface area contributed by atoms with Crippen LogP contribution in [-0.2, 0) is 16.0 Å². The van der Waals surface area contributed by atoms with Crippen LogP contribution in [0.5, 0.6) is 5.75 Å². The van der Waals surface area contributed by atoms with E-state index in [2.05, 4.69) is 9.78 Å². The summed E-state index contributed by atoms with van der Waals surface area (Å²) in [6.07, 6.45) is -4.71. The highest BCUT2D eigenvalue weighted by atomic mass is 19.4. The van der Waals surface area contributed by atoms with Gasteiger partial charge in [-0.05, 0) is 25.1 Å². The van der Waals surface area contributed by atoms with E-state index in [9.17, 15) is 18.0 Å². The van der Waals surface area contributed by atoms with Crippen molar-refractivity contribution in [1.82, 2.24) is 0 Å². The number of phenolic OH excluding ortho intramolecular Hbond substituents is 1. The fourth-order valence-electron chi connectivity index (χ4n) is 1.11. The Bertz CT molecular complexity index is 415. The highest BCUT2D eigenvalue weighted by molar-refractivity contribution is 5.91. The van der Waals surface area contributed by atoms with E-state index in [1.54, 1.807) is 0 Å². The van der Waals surface area contributed by atoms with Crippen molar-refractivity contribution in [2.45, 2.75) is 13.1 Å². The van der Waals surface area contributed by atoms with Gasteiger partial charge in [-0.1, -0.05) is 0 Å². The van der Waals surface area contributed by atoms with Gasteiger partial charge in [-0.25, -0.2) is 4.79 Å². The number of carbonyl (C=O) groups excluding carboxylic acids is 1. The molecule has 0 bridgehead atoms. The Labute approximate surface area is 94.5 Å². The number of hydrogen-bond acceptors (Lipinski definition) is 4. The molecule has 0 saturated heterocycles. The highest BCUT2D eigenvalue weighted by Gasteiger charge is 2.36. The summed E-state index contributed by atoms with van der Waals surface area (Å²) < 4.78 is 37.6. The lowest BCUT2D eigenvalue weighted by Gasteiger charge is -2.11. The largest absolute Gasteiger partial charge is 0.508 e. The van der Waals surface area contributed by atoms with Gasteiger partial charge in [0.25, 0.3) is 0 Å². The third-order valence-electron chi connectivity index (χ3n) is 1.78. The Hall–Kier alpha value is -1.76. The maximum absolute atomic E-state index is 12.5. The zero-order valence-electron chi connectivity index (χ0n) is 8.75. The van der Waals surface area contributed by atoms with Gasteiger partial charge in [0, 0.05) is 0 Å². The van der Waals surface area contributed by atoms with Gasteiger partial charge in [0.1, 0.15) is 5.75 Å². The maximum Gasteiger partial charge on any atom is 0.417 e. The van der Waals surface area contributed by atoms with E-state index in [0.29, 0.717) is 12.1 Å². The molecule has 7 heteroatoms. The maximum atomic E-state index is 12.5. The quantitative estimate of drug-likeness (QED) is 0.661. The lowest BCUT2D eigenvalue weighted by molar-refractivity contribution is -0.237. The molecule has 1 aromatic carbocycles. The zero-order chi connectivity index (χ0) is 13.1. The van der Waals surface area contributed by atoms with Gasteiger partial charge >= 0.3 is 12.1 Å². The van der Waals surface area contributed by atoms with Crippen LogP contribution in [0.15, 0.2) is 18.2 Å². The number of aromatic hydroxyl groups is 1. The van der Waals surface area contributed by atoms with E-state index in [1.807, 2.05) is 0 Å². The summed E-state index contributed by atoms with van der Waals surface area (Å²) in [5, 5.41) is 9.06. The molecule has 94 valence electrons. The molecule has 0 unspecified atom stereocenters. The molecule has 17 heavy (non-hydrogen) atoms. The SMILES string of the molecule is CCOOC(=O)c1cc(O)ccc1C(F)(F)F. The molecular weight excluding hydrogens is 241 g/mol. The van der Waals surface area contributed by atoms with Gasteiger partial charge in [-0.3, -0.25) is 4.89 Å². The predicted octanol–water partition coefficient (Wildman–Crippen LogP) is 2.52. The van der Waals surface area contributed by atoms with Crippen LogP contribution in [0.25, 0.3) is 0 Å². The topological polar surface area (TPSA) is 55.8 Å². The van der Waals surface area contributed by atoms with Gasteiger partial charge in [0.05, 0.1) is 17.7 Å². The first-order chi connectivity index (χ1) is 7.86. The highest BCUT2D eigenvalue weighted by Crippen LogP contribution is 2.33. The molecule has 1 rings (SSSR count). The van der Waals surface area contributed by atoms with E-state index in [4.69, 9.17) is 5.11 Å². The Morgan fingerprint density at radius 2 is 2.06 bits per heavy atom. The first kappa shape index (κ1) is 13.3. The molecule has 0 heterocycles. The van der Waals surface area contributed by atoms with Crippen molar-refractivity contribution in [3.63, 3.8) is 0 Å². The number of phenols is 1. The minimum Gasteiger partial charge on any atom is -0.508 e. The molecule has 4 nitrogen and oxygen atoms in total. The van der Waals surface area contributed by atoms with Gasteiger partial charge in [0.2, 0.25) is 0 Å². The predicted molar refractivity (Wildman–Crippen MR) is 50.2 cm³/mol. The molecule has 0 aliphatic heterocycles. The smallest absolute Gasteiger partial charge is 0.417 e. The lowest BCUT2D eigenvalue weighted by atomic mass is 10.1. The van der Waals surface area contributed by atoms with Gasteiger partial charge < -0.3 is 5.11 Å². The number of carbonyl (C=O) groups is 1. The van der Waals surface area contributed by atoms with Crippen LogP contribution >= 0.6 is 0 Å². The van der Waals surface area contributed by atoms with Crippen molar-refractivity contribution in [2.24, 2.45) is 0 Å². The average molecular weight is 250 g/mol. The number of alkyl halides is 3. The van der Waals surface area contributed by atoms with Crippen LogP contribution in [0, 0.1) is 0 Å². The van der Waals surface area contributed by atoms with Crippen LogP contribution in [0.2, 0.25) is 0 Å². The average Bonchev–Trinajstić information content (AvgIpc) is 2.24. The second-order valence-electron chi connectivity index (χ2n) is 3.00. The first-order valence-corrected chi connectivity index (χ1v) is 4.60. The minimum atomic E-state index is -4.71. The van der Waals surface area contributed by atoms with Crippen molar-refractivity contribution < 1.29 is 32.8 Å². The molecule has 1 aromatic rings. The van der Waals surface area contributed by atoms with Crippen LogP contribution in [0.3, 0.4) is 0 Å². The van der Waals surface area contributed by atoms with Crippen molar-refractivity contribution in [2.75, 3.05) is 6.61 Å². The normalized spacial score (nSPS) is 11.3. The summed E-state index contributed by atoms with van der Waals surface area (Å²) in [7, 11) is 0. The van der Waals surface area contributed by atoms with E-state index < -0.39 is 29.0 Å². The number of benzene rings is 1. The van der Waals surface area contributed by atoms with E-state index in [1.165, 1.54) is 6.92 Å². The van der Waals surface area contributed by atoms with Gasteiger partial charge in [0.15, 0.2) is 0 Å². The molecule has 0 fully saturated rings. The standard InChI is InChI=1S/C10H9F3O4/c1-2-16-17-9(15)7-5-6(14)3-4-8(7)10(11,12)13/h3-5,14H,2H2,1H3. The number of rotatable bonds is 3. The summed E-state index contributed by atoms with van der Waals surface area (Å²) in [6, 6.07) is 2.10. The number of hydrogen-bond donors (Lipinski definition) is 1. The molecular formula is C10H9F3O4. The molecule has 0 atom stereocenters. The van der Waals surface area contributed by atoms with Crippen LogP contribution in [0.1, 0.15) is 22.8 Å². The molecule has 0 aromatic heterocycles.